The Kier molecular flexibility index (Phi) is 4.70. The van der Waals surface area contributed by atoms with Gasteiger partial charge in [0, 0.05) is 61.7 Å². The Hall–Kier alpha value is -2.87. The molecule has 39 heavy (non-hydrogen) atoms. The molecule has 2 amide bonds. The number of piperidine rings is 2. The maximum Gasteiger partial charge on any atom is 0.274 e. The first-order valence-electron chi connectivity index (χ1n) is 14.8. The number of anilines is 1. The predicted molar refractivity (Wildman–Crippen MR) is 147 cm³/mol. The highest BCUT2D eigenvalue weighted by Gasteiger charge is 2.81. The molecule has 206 valence electrons. The summed E-state index contributed by atoms with van der Waals surface area (Å²) in [6, 6.07) is 6.67. The van der Waals surface area contributed by atoms with Gasteiger partial charge in [-0.25, -0.2) is 0 Å². The number of hydrogen-bond donors (Lipinski definition) is 1. The molecule has 8 nitrogen and oxygen atoms in total. The molecule has 3 saturated carbocycles. The van der Waals surface area contributed by atoms with Gasteiger partial charge in [0.15, 0.2) is 5.69 Å². The van der Waals surface area contributed by atoms with E-state index in [0.717, 1.165) is 37.9 Å². The minimum atomic E-state index is -0.314. The fourth-order valence-corrected chi connectivity index (χ4v) is 8.85. The second kappa shape index (κ2) is 7.65. The van der Waals surface area contributed by atoms with E-state index < -0.39 is 0 Å². The van der Waals surface area contributed by atoms with Crippen LogP contribution in [0.1, 0.15) is 77.8 Å². The maximum absolute atomic E-state index is 13.8. The summed E-state index contributed by atoms with van der Waals surface area (Å²) >= 11 is 0. The van der Waals surface area contributed by atoms with E-state index in [0.29, 0.717) is 42.5 Å². The number of hydrogen-bond acceptors (Lipinski definition) is 5. The quantitative estimate of drug-likeness (QED) is 0.644. The number of aliphatic hydroxyl groups is 1. The number of rotatable bonds is 5. The molecule has 4 heterocycles. The molecule has 3 saturated heterocycles. The minimum Gasteiger partial charge on any atom is -0.396 e. The van der Waals surface area contributed by atoms with Crippen LogP contribution in [0.2, 0.25) is 0 Å². The number of fused-ring (bicyclic) bond motifs is 2. The van der Waals surface area contributed by atoms with Crippen molar-refractivity contribution in [3.8, 4) is 0 Å². The molecule has 3 unspecified atom stereocenters. The summed E-state index contributed by atoms with van der Waals surface area (Å²) in [5, 5.41) is 14.6. The Morgan fingerprint density at radius 1 is 1.08 bits per heavy atom. The molecule has 5 aliphatic carbocycles. The van der Waals surface area contributed by atoms with Gasteiger partial charge in [0.25, 0.3) is 5.91 Å². The highest BCUT2D eigenvalue weighted by Crippen LogP contribution is 2.88. The Morgan fingerprint density at radius 2 is 1.85 bits per heavy atom. The van der Waals surface area contributed by atoms with Gasteiger partial charge in [0.05, 0.1) is 5.54 Å². The van der Waals surface area contributed by atoms with Crippen LogP contribution in [0, 0.1) is 31.1 Å². The Labute approximate surface area is 229 Å². The van der Waals surface area contributed by atoms with E-state index in [4.69, 9.17) is 5.10 Å². The van der Waals surface area contributed by atoms with Gasteiger partial charge in [-0.05, 0) is 87.3 Å². The fraction of sp³-hybridized carbons (Fsp3) is 0.645. The van der Waals surface area contributed by atoms with E-state index in [-0.39, 0.29) is 42.0 Å². The predicted octanol–water partition coefficient (Wildman–Crippen LogP) is 3.05. The van der Waals surface area contributed by atoms with Crippen LogP contribution in [-0.4, -0.2) is 80.9 Å². The summed E-state index contributed by atoms with van der Waals surface area (Å²) in [6.07, 6.45) is 2.67. The number of nitrogens with zero attached hydrogens (tertiary/aromatic N) is 5. The van der Waals surface area contributed by atoms with Crippen LogP contribution in [0.5, 0.6) is 0 Å². The lowest BCUT2D eigenvalue weighted by atomic mass is 9.60. The second-order valence-electron chi connectivity index (χ2n) is 14.0. The summed E-state index contributed by atoms with van der Waals surface area (Å²) in [5.41, 5.74) is 6.51. The number of carbonyl (C=O) groups is 2. The summed E-state index contributed by atoms with van der Waals surface area (Å²) < 4.78 is 1.91. The van der Waals surface area contributed by atoms with Crippen molar-refractivity contribution in [3.05, 3.63) is 46.3 Å². The van der Waals surface area contributed by atoms with Crippen LogP contribution in [0.4, 0.5) is 5.69 Å². The zero-order valence-electron chi connectivity index (χ0n) is 23.5. The van der Waals surface area contributed by atoms with Gasteiger partial charge in [-0.1, -0.05) is 12.1 Å². The number of aryl methyl sites for hydroxylation is 1. The molecule has 8 heteroatoms. The number of piperazine rings is 1. The van der Waals surface area contributed by atoms with Gasteiger partial charge in [0.2, 0.25) is 5.91 Å². The monoisotopic (exact) mass is 529 g/mol. The van der Waals surface area contributed by atoms with Crippen LogP contribution in [0.15, 0.2) is 18.2 Å². The van der Waals surface area contributed by atoms with Crippen molar-refractivity contribution in [2.45, 2.75) is 76.9 Å². The highest BCUT2D eigenvalue weighted by atomic mass is 16.3. The number of amides is 2. The Balaban J connectivity index is 1.02. The molecule has 8 aliphatic rings. The van der Waals surface area contributed by atoms with Gasteiger partial charge < -0.3 is 19.8 Å². The summed E-state index contributed by atoms with van der Waals surface area (Å²) in [6.45, 7) is 12.0. The fourth-order valence-electron chi connectivity index (χ4n) is 8.85. The van der Waals surface area contributed by atoms with E-state index >= 15 is 0 Å². The normalized spacial score (nSPS) is 34.4. The average molecular weight is 530 g/mol. The molecule has 3 aliphatic heterocycles. The number of benzene rings is 1. The molecule has 10 rings (SSSR count). The van der Waals surface area contributed by atoms with Crippen LogP contribution in [0.3, 0.4) is 0 Å². The summed E-state index contributed by atoms with van der Waals surface area (Å²) in [5.74, 6) is 2.52. The Morgan fingerprint density at radius 3 is 2.51 bits per heavy atom. The Bertz CT molecular complexity index is 1410. The van der Waals surface area contributed by atoms with Crippen LogP contribution < -0.4 is 4.90 Å². The summed E-state index contributed by atoms with van der Waals surface area (Å²) in [7, 11) is 0. The lowest BCUT2D eigenvalue weighted by Gasteiger charge is -2.56. The zero-order valence-corrected chi connectivity index (χ0v) is 23.5. The molecule has 1 aromatic carbocycles. The van der Waals surface area contributed by atoms with Gasteiger partial charge in [-0.15, -0.1) is 0 Å². The van der Waals surface area contributed by atoms with Crippen LogP contribution in [0.25, 0.3) is 0 Å². The first-order valence-corrected chi connectivity index (χ1v) is 14.8. The van der Waals surface area contributed by atoms with Gasteiger partial charge >= 0.3 is 0 Å². The maximum atomic E-state index is 13.8. The first-order chi connectivity index (χ1) is 18.6. The van der Waals surface area contributed by atoms with Crippen molar-refractivity contribution in [1.82, 2.24) is 19.6 Å². The molecule has 4 bridgehead atoms. The zero-order chi connectivity index (χ0) is 27.0. The van der Waals surface area contributed by atoms with Gasteiger partial charge in [-0.2, -0.15) is 5.10 Å². The molecule has 2 aromatic rings. The van der Waals surface area contributed by atoms with Crippen molar-refractivity contribution in [2.24, 2.45) is 17.3 Å². The lowest BCUT2D eigenvalue weighted by Crippen LogP contribution is -2.62. The third-order valence-corrected chi connectivity index (χ3v) is 11.4. The lowest BCUT2D eigenvalue weighted by molar-refractivity contribution is -0.138. The van der Waals surface area contributed by atoms with E-state index in [1.165, 1.54) is 22.5 Å². The van der Waals surface area contributed by atoms with Crippen molar-refractivity contribution in [2.75, 3.05) is 37.7 Å². The number of aromatic nitrogens is 2. The smallest absolute Gasteiger partial charge is 0.274 e. The third kappa shape index (κ3) is 3.18. The number of aliphatic hydroxyl groups excluding tert-OH is 1. The van der Waals surface area contributed by atoms with Crippen molar-refractivity contribution >= 4 is 17.5 Å². The van der Waals surface area contributed by atoms with Crippen molar-refractivity contribution in [3.63, 3.8) is 0 Å². The van der Waals surface area contributed by atoms with E-state index in [2.05, 4.69) is 50.8 Å². The SMILES string of the molecule is Cc1cccc(N2CCN(C(=O)Cn3nc(C(=O)N4CCC5(CO)CC4C5)c4c3C3C5C4[C@@H]35)C(C)(C)C2)c1C. The highest BCUT2D eigenvalue weighted by molar-refractivity contribution is 5.96. The largest absolute Gasteiger partial charge is 0.396 e. The molecular formula is C31H39N5O3. The molecular weight excluding hydrogens is 490 g/mol. The van der Waals surface area contributed by atoms with Gasteiger partial charge in [0.1, 0.15) is 6.54 Å². The number of carbonyl (C=O) groups excluding carboxylic acids is 2. The molecule has 4 atom stereocenters. The molecule has 1 N–H and O–H groups in total. The second-order valence-corrected chi connectivity index (χ2v) is 14.0. The van der Waals surface area contributed by atoms with Crippen LogP contribution in [-0.2, 0) is 11.3 Å². The molecule has 0 radical (unpaired) electrons. The average Bonchev–Trinajstić information content (AvgIpc) is 3.66. The van der Waals surface area contributed by atoms with E-state index in [1.807, 2.05) is 14.5 Å². The van der Waals surface area contributed by atoms with E-state index in [9.17, 15) is 14.7 Å². The van der Waals surface area contributed by atoms with Crippen molar-refractivity contribution < 1.29 is 14.7 Å². The van der Waals surface area contributed by atoms with Crippen LogP contribution >= 0.6 is 0 Å². The summed E-state index contributed by atoms with van der Waals surface area (Å²) in [4.78, 5) is 34.0. The van der Waals surface area contributed by atoms with Crippen molar-refractivity contribution in [1.29, 1.82) is 0 Å². The first kappa shape index (κ1) is 24.0. The molecule has 6 fully saturated rings. The van der Waals surface area contributed by atoms with E-state index in [1.54, 1.807) is 0 Å². The molecule has 1 aromatic heterocycles. The third-order valence-electron chi connectivity index (χ3n) is 11.4. The standard InChI is InChI=1S/C31H39N5O3/c1-17-6-5-7-20(18(17)2)33-10-11-35(30(3,4)15-33)21(38)14-36-28-25-22-23(25)24(22)26(28)27(32-36)29(39)34-9-8-31(16-37)12-19(34)13-31/h5-7,19,22-25,37H,8-16H2,1-4H3/t19?,22-,23?,24?,25?,31?/m0/s1. The topological polar surface area (TPSA) is 81.9 Å². The molecule has 0 spiro atoms. The van der Waals surface area contributed by atoms with Gasteiger partial charge in [-0.3, -0.25) is 14.3 Å². The minimum absolute atomic E-state index is 0.0375.